The molecule has 0 saturated carbocycles. The number of benzene rings is 2. The lowest BCUT2D eigenvalue weighted by Gasteiger charge is -2.29. The van der Waals surface area contributed by atoms with Gasteiger partial charge in [0, 0.05) is 35.2 Å². The van der Waals surface area contributed by atoms with Crippen molar-refractivity contribution in [3.8, 4) is 16.9 Å². The van der Waals surface area contributed by atoms with Crippen LogP contribution in [0.2, 0.25) is 0 Å². The van der Waals surface area contributed by atoms with Gasteiger partial charge in [-0.05, 0) is 81.8 Å². The van der Waals surface area contributed by atoms with Crippen LogP contribution < -0.4 is 0 Å². The van der Waals surface area contributed by atoms with E-state index >= 15 is 0 Å². The molecule has 35 heavy (non-hydrogen) atoms. The van der Waals surface area contributed by atoms with E-state index in [1.165, 1.54) is 4.90 Å². The smallest absolute Gasteiger partial charge is 0.216 e. The second-order valence-electron chi connectivity index (χ2n) is 10.4. The average molecular weight is 498 g/mol. The highest BCUT2D eigenvalue weighted by Crippen LogP contribution is 2.40. The van der Waals surface area contributed by atoms with Gasteiger partial charge in [-0.1, -0.05) is 12.1 Å². The normalized spacial score (nSPS) is 22.6. The second kappa shape index (κ2) is 10.1. The molecule has 0 spiro atoms. The summed E-state index contributed by atoms with van der Waals surface area (Å²) in [6, 6.07) is 11.7. The Hall–Kier alpha value is -2.10. The number of likely N-dealkylation sites (tertiary alicyclic amines) is 1. The molecule has 0 aliphatic carbocycles. The van der Waals surface area contributed by atoms with E-state index in [2.05, 4.69) is 12.1 Å². The molecule has 3 heterocycles. The molecule has 0 amide bonds. The van der Waals surface area contributed by atoms with Crippen molar-refractivity contribution in [3.63, 3.8) is 0 Å². The maximum Gasteiger partial charge on any atom is 0.216 e. The Kier molecular flexibility index (Phi) is 7.10. The zero-order valence-corrected chi connectivity index (χ0v) is 21.5. The number of hydrogen-bond donors (Lipinski definition) is 2. The van der Waals surface area contributed by atoms with Gasteiger partial charge in [-0.25, -0.2) is 4.68 Å². The first kappa shape index (κ1) is 24.6. The molecule has 2 N–H and O–H groups in total. The van der Waals surface area contributed by atoms with Gasteiger partial charge in [0.15, 0.2) is 6.23 Å². The fourth-order valence-electron chi connectivity index (χ4n) is 4.80. The van der Waals surface area contributed by atoms with E-state index in [9.17, 15) is 10.2 Å². The number of phenolic OH excluding ortho intramolecular Hbond substituents is 1. The molecular formula is C27H35N3O4S. The summed E-state index contributed by atoms with van der Waals surface area (Å²) < 4.78 is 13.9. The van der Waals surface area contributed by atoms with Crippen LogP contribution in [0.3, 0.4) is 0 Å². The maximum absolute atomic E-state index is 10.5. The molecule has 2 aliphatic rings. The molecule has 0 radical (unpaired) electrons. The summed E-state index contributed by atoms with van der Waals surface area (Å²) in [5, 5.41) is 26.5. The number of hydrogen-bond acceptors (Lipinski definition) is 7. The van der Waals surface area contributed by atoms with Crippen LogP contribution in [0.25, 0.3) is 22.0 Å². The Labute approximate surface area is 211 Å². The van der Waals surface area contributed by atoms with Crippen molar-refractivity contribution in [2.75, 3.05) is 19.7 Å². The molecule has 3 atom stereocenters. The van der Waals surface area contributed by atoms with Crippen molar-refractivity contribution in [1.82, 2.24) is 14.7 Å². The van der Waals surface area contributed by atoms with E-state index in [1.807, 2.05) is 60.4 Å². The Morgan fingerprint density at radius 1 is 1.11 bits per heavy atom. The van der Waals surface area contributed by atoms with Crippen LogP contribution in [0.4, 0.5) is 0 Å². The third-order valence-corrected chi connectivity index (χ3v) is 7.86. The number of nitrogens with zero attached hydrogens (tertiary/aromatic N) is 3. The van der Waals surface area contributed by atoms with Crippen molar-refractivity contribution in [2.24, 2.45) is 0 Å². The number of aliphatic hydroxyl groups is 1. The van der Waals surface area contributed by atoms with Crippen LogP contribution in [0.15, 0.2) is 47.5 Å². The number of thioether (sulfide) groups is 1. The molecule has 1 aromatic heterocycles. The Bertz CT molecular complexity index is 1150. The van der Waals surface area contributed by atoms with Crippen LogP contribution >= 0.6 is 11.8 Å². The number of ether oxygens (including phenoxy) is 2. The number of aromatic hydroxyl groups is 1. The van der Waals surface area contributed by atoms with E-state index in [4.69, 9.17) is 14.6 Å². The summed E-state index contributed by atoms with van der Waals surface area (Å²) in [4.78, 5) is 3.18. The van der Waals surface area contributed by atoms with Crippen molar-refractivity contribution in [1.29, 1.82) is 0 Å². The summed E-state index contributed by atoms with van der Waals surface area (Å²) in [6.07, 6.45) is 5.20. The molecule has 7 nitrogen and oxygen atoms in total. The van der Waals surface area contributed by atoms with Crippen molar-refractivity contribution < 1.29 is 19.7 Å². The highest BCUT2D eigenvalue weighted by Gasteiger charge is 2.31. The third kappa shape index (κ3) is 5.67. The van der Waals surface area contributed by atoms with Crippen LogP contribution in [0.1, 0.15) is 52.7 Å². The summed E-state index contributed by atoms with van der Waals surface area (Å²) in [6.45, 7) is 8.19. The quantitative estimate of drug-likeness (QED) is 0.444. The minimum absolute atomic E-state index is 0.0409. The van der Waals surface area contributed by atoms with Gasteiger partial charge in [-0.15, -0.1) is 11.8 Å². The summed E-state index contributed by atoms with van der Waals surface area (Å²) in [5.41, 5.74) is 2.80. The van der Waals surface area contributed by atoms with Gasteiger partial charge in [0.05, 0.1) is 17.3 Å². The topological polar surface area (TPSA) is 80.0 Å². The van der Waals surface area contributed by atoms with Gasteiger partial charge in [0.1, 0.15) is 5.75 Å². The van der Waals surface area contributed by atoms with E-state index in [1.54, 1.807) is 12.1 Å². The fraction of sp³-hybridized carbons (Fsp3) is 0.519. The number of aromatic nitrogens is 2. The molecule has 2 aromatic carbocycles. The van der Waals surface area contributed by atoms with Gasteiger partial charge in [0.25, 0.3) is 0 Å². The van der Waals surface area contributed by atoms with E-state index in [0.29, 0.717) is 5.25 Å². The Morgan fingerprint density at radius 3 is 2.63 bits per heavy atom. The van der Waals surface area contributed by atoms with Crippen LogP contribution in [-0.4, -0.2) is 61.9 Å². The lowest BCUT2D eigenvalue weighted by Crippen LogP contribution is -2.40. The number of rotatable bonds is 6. The first-order valence-corrected chi connectivity index (χ1v) is 13.3. The molecular weight excluding hydrogens is 462 g/mol. The van der Waals surface area contributed by atoms with Gasteiger partial charge in [0.2, 0.25) is 6.41 Å². The highest BCUT2D eigenvalue weighted by atomic mass is 32.2. The first-order valence-electron chi connectivity index (χ1n) is 12.5. The fourth-order valence-corrected chi connectivity index (χ4v) is 6.13. The van der Waals surface area contributed by atoms with Crippen LogP contribution in [0, 0.1) is 0 Å². The lowest BCUT2D eigenvalue weighted by atomic mass is 10.0. The van der Waals surface area contributed by atoms with Gasteiger partial charge in [-0.2, -0.15) is 5.10 Å². The van der Waals surface area contributed by atoms with E-state index in [0.717, 1.165) is 67.4 Å². The van der Waals surface area contributed by atoms with Crippen LogP contribution in [0.5, 0.6) is 5.75 Å². The first-order chi connectivity index (χ1) is 16.8. The predicted molar refractivity (Wildman–Crippen MR) is 138 cm³/mol. The molecule has 0 bridgehead atoms. The van der Waals surface area contributed by atoms with Crippen molar-refractivity contribution in [2.45, 2.75) is 74.8 Å². The molecule has 3 aromatic rings. The maximum atomic E-state index is 10.5. The SMILES string of the molecule is CC(C)(C)OC(O)N1CC[C@H](Sc2cc(-c3ccc(O)cc3)cc3c2cnn3C2CCCCO2)C1. The predicted octanol–water partition coefficient (Wildman–Crippen LogP) is 5.37. The molecule has 2 saturated heterocycles. The second-order valence-corrected chi connectivity index (χ2v) is 11.8. The third-order valence-electron chi connectivity index (χ3n) is 6.55. The number of fused-ring (bicyclic) bond motifs is 1. The number of aliphatic hydroxyl groups excluding tert-OH is 1. The molecule has 5 rings (SSSR count). The minimum Gasteiger partial charge on any atom is -0.508 e. The lowest BCUT2D eigenvalue weighted by molar-refractivity contribution is -0.233. The van der Waals surface area contributed by atoms with Crippen LogP contribution in [-0.2, 0) is 9.47 Å². The zero-order chi connectivity index (χ0) is 24.6. The minimum atomic E-state index is -0.893. The largest absolute Gasteiger partial charge is 0.508 e. The highest BCUT2D eigenvalue weighted by molar-refractivity contribution is 8.00. The molecule has 188 valence electrons. The summed E-state index contributed by atoms with van der Waals surface area (Å²) in [7, 11) is 0. The Morgan fingerprint density at radius 2 is 1.91 bits per heavy atom. The summed E-state index contributed by atoms with van der Waals surface area (Å²) in [5.74, 6) is 0.257. The van der Waals surface area contributed by atoms with E-state index < -0.39 is 12.0 Å². The Balaban J connectivity index is 1.45. The molecule has 2 fully saturated rings. The molecule has 8 heteroatoms. The molecule has 2 aliphatic heterocycles. The zero-order valence-electron chi connectivity index (χ0n) is 20.7. The van der Waals surface area contributed by atoms with Crippen molar-refractivity contribution >= 4 is 22.7 Å². The standard InChI is InChI=1S/C27H35N3O4S/c1-27(2,3)34-26(32)29-12-11-21(17-29)35-24-15-19(18-7-9-20(31)10-8-18)14-23-22(24)16-28-30(23)25-6-4-5-13-33-25/h7-10,14-16,21,25-26,31-32H,4-6,11-13,17H2,1-3H3/t21-,25?,26?/m0/s1. The van der Waals surface area contributed by atoms with Gasteiger partial charge < -0.3 is 19.7 Å². The van der Waals surface area contributed by atoms with Crippen molar-refractivity contribution in [3.05, 3.63) is 42.6 Å². The number of phenols is 1. The average Bonchev–Trinajstić information content (AvgIpc) is 3.46. The van der Waals surface area contributed by atoms with E-state index in [-0.39, 0.29) is 12.0 Å². The van der Waals surface area contributed by atoms with Gasteiger partial charge >= 0.3 is 0 Å². The monoisotopic (exact) mass is 497 g/mol. The van der Waals surface area contributed by atoms with Gasteiger partial charge in [-0.3, -0.25) is 4.90 Å². The molecule has 2 unspecified atom stereocenters. The summed E-state index contributed by atoms with van der Waals surface area (Å²) >= 11 is 1.84.